The first-order valence-electron chi connectivity index (χ1n) is 7.37. The van der Waals surface area contributed by atoms with E-state index in [1.807, 2.05) is 6.92 Å². The number of ether oxygens (including phenoxy) is 1. The zero-order chi connectivity index (χ0) is 15.3. The van der Waals surface area contributed by atoms with Gasteiger partial charge in [-0.2, -0.15) is 0 Å². The minimum atomic E-state index is -0.330. The number of nitrogens with one attached hydrogen (secondary N) is 1. The summed E-state index contributed by atoms with van der Waals surface area (Å²) in [7, 11) is 1.68. The fourth-order valence-electron chi connectivity index (χ4n) is 2.65. The molecule has 1 saturated heterocycles. The second-order valence-electron chi connectivity index (χ2n) is 5.76. The molecule has 1 N–H and O–H groups in total. The van der Waals surface area contributed by atoms with Gasteiger partial charge in [0.05, 0.1) is 0 Å². The van der Waals surface area contributed by atoms with E-state index in [9.17, 15) is 9.18 Å². The summed E-state index contributed by atoms with van der Waals surface area (Å²) in [5.41, 5.74) is -0.266. The predicted molar refractivity (Wildman–Crippen MR) is 79.7 cm³/mol. The van der Waals surface area contributed by atoms with Crippen molar-refractivity contribution in [2.45, 2.75) is 19.8 Å². The molecule has 1 aromatic rings. The van der Waals surface area contributed by atoms with E-state index in [1.54, 1.807) is 25.2 Å². The highest BCUT2D eigenvalue weighted by Crippen LogP contribution is 2.30. The Bertz CT molecular complexity index is 485. The molecule has 0 aliphatic carbocycles. The first-order valence-corrected chi connectivity index (χ1v) is 7.37. The fraction of sp³-hybridized carbons (Fsp3) is 0.562. The lowest BCUT2D eigenvalue weighted by molar-refractivity contribution is -0.132. The van der Waals surface area contributed by atoms with Crippen molar-refractivity contribution < 1.29 is 13.9 Å². The summed E-state index contributed by atoms with van der Waals surface area (Å²) < 4.78 is 18.9. The van der Waals surface area contributed by atoms with E-state index < -0.39 is 0 Å². The minimum absolute atomic E-state index is 0.116. The second kappa shape index (κ2) is 6.89. The summed E-state index contributed by atoms with van der Waals surface area (Å²) in [4.78, 5) is 14.1. The Balaban J connectivity index is 1.75. The van der Waals surface area contributed by atoms with Crippen LogP contribution in [0.25, 0.3) is 0 Å². The molecule has 2 rings (SSSR count). The molecule has 1 fully saturated rings. The number of benzene rings is 1. The van der Waals surface area contributed by atoms with Crippen molar-refractivity contribution in [3.05, 3.63) is 30.1 Å². The summed E-state index contributed by atoms with van der Waals surface area (Å²) >= 11 is 0. The molecule has 1 aliphatic rings. The number of nitrogens with zero attached hydrogens (tertiary/aromatic N) is 1. The third kappa shape index (κ3) is 3.94. The molecule has 1 aromatic carbocycles. The molecule has 0 radical (unpaired) electrons. The number of piperidine rings is 1. The topological polar surface area (TPSA) is 41.6 Å². The van der Waals surface area contributed by atoms with Crippen LogP contribution in [-0.2, 0) is 4.79 Å². The van der Waals surface area contributed by atoms with Crippen LogP contribution in [0.4, 0.5) is 4.39 Å². The number of carbonyl (C=O) groups is 1. The first-order chi connectivity index (χ1) is 10.0. The van der Waals surface area contributed by atoms with Crippen LogP contribution in [0.1, 0.15) is 19.8 Å². The lowest BCUT2D eigenvalue weighted by atomic mass is 9.79. The highest BCUT2D eigenvalue weighted by Gasteiger charge is 2.35. The van der Waals surface area contributed by atoms with Crippen LogP contribution in [0.3, 0.4) is 0 Å². The van der Waals surface area contributed by atoms with Crippen LogP contribution in [0.5, 0.6) is 5.75 Å². The predicted octanol–water partition coefficient (Wildman–Crippen LogP) is 2.05. The average molecular weight is 294 g/mol. The van der Waals surface area contributed by atoms with Crippen molar-refractivity contribution in [2.24, 2.45) is 5.41 Å². The monoisotopic (exact) mass is 294 g/mol. The van der Waals surface area contributed by atoms with Gasteiger partial charge >= 0.3 is 0 Å². The molecule has 0 bridgehead atoms. The maximum Gasteiger partial charge on any atom is 0.225 e. The Morgan fingerprint density at radius 1 is 1.38 bits per heavy atom. The lowest BCUT2D eigenvalue weighted by Crippen LogP contribution is -2.47. The van der Waals surface area contributed by atoms with E-state index in [2.05, 4.69) is 10.2 Å². The van der Waals surface area contributed by atoms with Crippen LogP contribution in [0, 0.1) is 11.2 Å². The average Bonchev–Trinajstić information content (AvgIpc) is 2.50. The van der Waals surface area contributed by atoms with Gasteiger partial charge in [0.15, 0.2) is 11.6 Å². The molecule has 0 saturated carbocycles. The van der Waals surface area contributed by atoms with Crippen molar-refractivity contribution in [3.8, 4) is 5.75 Å². The molecule has 0 atom stereocenters. The van der Waals surface area contributed by atoms with Crippen LogP contribution >= 0.6 is 0 Å². The van der Waals surface area contributed by atoms with E-state index >= 15 is 0 Å². The van der Waals surface area contributed by atoms with Gasteiger partial charge in [-0.25, -0.2) is 4.39 Å². The van der Waals surface area contributed by atoms with Gasteiger partial charge in [0, 0.05) is 19.0 Å². The van der Waals surface area contributed by atoms with Crippen LogP contribution in [-0.4, -0.2) is 44.1 Å². The van der Waals surface area contributed by atoms with E-state index in [1.165, 1.54) is 6.07 Å². The highest BCUT2D eigenvalue weighted by molar-refractivity contribution is 5.82. The summed E-state index contributed by atoms with van der Waals surface area (Å²) in [6.07, 6.45) is 1.68. The summed E-state index contributed by atoms with van der Waals surface area (Å²) in [6, 6.07) is 6.43. The van der Waals surface area contributed by atoms with E-state index in [0.717, 1.165) is 32.5 Å². The van der Waals surface area contributed by atoms with Gasteiger partial charge < -0.3 is 10.1 Å². The molecule has 0 spiro atoms. The lowest BCUT2D eigenvalue weighted by Gasteiger charge is -2.37. The van der Waals surface area contributed by atoms with E-state index in [-0.39, 0.29) is 17.1 Å². The van der Waals surface area contributed by atoms with Gasteiger partial charge in [-0.1, -0.05) is 19.1 Å². The number of hydrogen-bond acceptors (Lipinski definition) is 3. The zero-order valence-electron chi connectivity index (χ0n) is 12.7. The van der Waals surface area contributed by atoms with Crippen molar-refractivity contribution in [3.63, 3.8) is 0 Å². The van der Waals surface area contributed by atoms with Crippen molar-refractivity contribution >= 4 is 5.91 Å². The van der Waals surface area contributed by atoms with Crippen LogP contribution in [0.15, 0.2) is 24.3 Å². The molecule has 0 aromatic heterocycles. The Labute approximate surface area is 125 Å². The summed E-state index contributed by atoms with van der Waals surface area (Å²) in [6.45, 7) is 4.95. The fourth-order valence-corrected chi connectivity index (χ4v) is 2.65. The summed E-state index contributed by atoms with van der Waals surface area (Å²) in [5, 5.41) is 2.74. The number of carbonyl (C=O) groups excluding carboxylic acids is 1. The highest BCUT2D eigenvalue weighted by atomic mass is 19.1. The second-order valence-corrected chi connectivity index (χ2v) is 5.76. The SMILES string of the molecule is CNC(=O)C1(C)CCN(CCOc2ccccc2F)CC1. The molecule has 21 heavy (non-hydrogen) atoms. The number of para-hydroxylation sites is 1. The molecule has 0 unspecified atom stereocenters. The number of likely N-dealkylation sites (tertiary alicyclic amines) is 1. The molecule has 4 nitrogen and oxygen atoms in total. The maximum atomic E-state index is 13.4. The van der Waals surface area contributed by atoms with Crippen LogP contribution in [0.2, 0.25) is 0 Å². The molecule has 1 heterocycles. The van der Waals surface area contributed by atoms with Gasteiger partial charge in [0.2, 0.25) is 5.91 Å². The molecule has 1 amide bonds. The number of halogens is 1. The zero-order valence-corrected chi connectivity index (χ0v) is 12.7. The number of rotatable bonds is 5. The Kier molecular flexibility index (Phi) is 5.17. The van der Waals surface area contributed by atoms with Crippen molar-refractivity contribution in [2.75, 3.05) is 33.3 Å². The van der Waals surface area contributed by atoms with Crippen molar-refractivity contribution in [1.29, 1.82) is 0 Å². The van der Waals surface area contributed by atoms with E-state index in [4.69, 9.17) is 4.74 Å². The molecular weight excluding hydrogens is 271 g/mol. The standard InChI is InChI=1S/C16H23FN2O2/c1-16(15(20)18-2)7-9-19(10-8-16)11-12-21-14-6-4-3-5-13(14)17/h3-6H,7-12H2,1-2H3,(H,18,20). The van der Waals surface area contributed by atoms with E-state index in [0.29, 0.717) is 12.4 Å². The third-order valence-electron chi connectivity index (χ3n) is 4.24. The number of hydrogen-bond donors (Lipinski definition) is 1. The Morgan fingerprint density at radius 2 is 2.05 bits per heavy atom. The smallest absolute Gasteiger partial charge is 0.225 e. The van der Waals surface area contributed by atoms with Crippen LogP contribution < -0.4 is 10.1 Å². The largest absolute Gasteiger partial charge is 0.489 e. The van der Waals surface area contributed by atoms with Gasteiger partial charge in [-0.15, -0.1) is 0 Å². The normalized spacial score (nSPS) is 18.2. The molecular formula is C16H23FN2O2. The minimum Gasteiger partial charge on any atom is -0.489 e. The molecule has 116 valence electrons. The number of amides is 1. The van der Waals surface area contributed by atoms with Gasteiger partial charge in [-0.3, -0.25) is 9.69 Å². The van der Waals surface area contributed by atoms with Gasteiger partial charge in [0.25, 0.3) is 0 Å². The molecule has 1 aliphatic heterocycles. The molecule has 5 heteroatoms. The quantitative estimate of drug-likeness (QED) is 0.904. The summed E-state index contributed by atoms with van der Waals surface area (Å²) in [5.74, 6) is 0.0813. The van der Waals surface area contributed by atoms with Gasteiger partial charge in [-0.05, 0) is 38.1 Å². The van der Waals surface area contributed by atoms with Gasteiger partial charge in [0.1, 0.15) is 6.61 Å². The Morgan fingerprint density at radius 3 is 2.67 bits per heavy atom. The third-order valence-corrected chi connectivity index (χ3v) is 4.24. The first kappa shape index (κ1) is 15.8. The maximum absolute atomic E-state index is 13.4. The van der Waals surface area contributed by atoms with Crippen molar-refractivity contribution in [1.82, 2.24) is 10.2 Å². The Hall–Kier alpha value is -1.62.